The first kappa shape index (κ1) is 20.9. The summed E-state index contributed by atoms with van der Waals surface area (Å²) in [6, 6.07) is 5.61. The van der Waals surface area contributed by atoms with Crippen LogP contribution in [0, 0.1) is 0 Å². The lowest BCUT2D eigenvalue weighted by Crippen LogP contribution is -1.93. The molecule has 0 aromatic heterocycles. The second kappa shape index (κ2) is 14.2. The predicted molar refractivity (Wildman–Crippen MR) is 104 cm³/mol. The molecule has 1 N–H and O–H groups in total. The molecule has 0 amide bonds. The highest BCUT2D eigenvalue weighted by Crippen LogP contribution is 2.23. The lowest BCUT2D eigenvalue weighted by molar-refractivity contribution is 0.337. The summed E-state index contributed by atoms with van der Waals surface area (Å²) in [4.78, 5) is 0. The fraction of sp³-hybridized carbons (Fsp3) is 0.727. The van der Waals surface area contributed by atoms with Crippen molar-refractivity contribution in [2.24, 2.45) is 0 Å². The number of benzene rings is 1. The minimum absolute atomic E-state index is 0.315. The Morgan fingerprint density at radius 1 is 0.708 bits per heavy atom. The van der Waals surface area contributed by atoms with E-state index in [9.17, 15) is 5.11 Å². The summed E-state index contributed by atoms with van der Waals surface area (Å²) in [5, 5.41) is 9.73. The number of ether oxygens (including phenoxy) is 1. The van der Waals surface area contributed by atoms with Gasteiger partial charge < -0.3 is 9.84 Å². The number of phenols is 1. The fourth-order valence-corrected chi connectivity index (χ4v) is 3.21. The van der Waals surface area contributed by atoms with Crippen molar-refractivity contribution in [2.75, 3.05) is 6.61 Å². The molecule has 2 nitrogen and oxygen atoms in total. The number of rotatable bonds is 15. The molecule has 1 rings (SSSR count). The predicted octanol–water partition coefficient (Wildman–Crippen LogP) is 7.03. The van der Waals surface area contributed by atoms with Crippen LogP contribution in [0.2, 0.25) is 0 Å². The van der Waals surface area contributed by atoms with Gasteiger partial charge in [-0.3, -0.25) is 0 Å². The molecule has 0 bridgehead atoms. The Labute approximate surface area is 149 Å². The molecule has 0 aliphatic rings. The number of aryl methyl sites for hydroxylation is 1. The Bertz CT molecular complexity index is 414. The average Bonchev–Trinajstić information content (AvgIpc) is 2.56. The normalized spacial score (nSPS) is 10.9. The van der Waals surface area contributed by atoms with Crippen molar-refractivity contribution in [3.05, 3.63) is 23.8 Å². The molecule has 0 heterocycles. The van der Waals surface area contributed by atoms with Crippen LogP contribution in [-0.4, -0.2) is 11.7 Å². The van der Waals surface area contributed by atoms with Gasteiger partial charge in [0.1, 0.15) is 11.5 Å². The molecule has 2 heteroatoms. The van der Waals surface area contributed by atoms with Gasteiger partial charge in [-0.15, -0.1) is 0 Å². The van der Waals surface area contributed by atoms with Gasteiger partial charge in [0.25, 0.3) is 0 Å². The highest BCUT2D eigenvalue weighted by atomic mass is 16.5. The lowest BCUT2D eigenvalue weighted by atomic mass is 10.0. The Kier molecular flexibility index (Phi) is 12.3. The molecule has 24 heavy (non-hydrogen) atoms. The number of unbranched alkanes of at least 4 members (excludes halogenated alkanes) is 11. The molecule has 0 aliphatic carbocycles. The maximum absolute atomic E-state index is 9.73. The van der Waals surface area contributed by atoms with E-state index >= 15 is 0 Å². The number of aromatic hydroxyl groups is 1. The maximum Gasteiger partial charge on any atom is 0.123 e. The van der Waals surface area contributed by atoms with Crippen LogP contribution >= 0.6 is 0 Å². The zero-order valence-electron chi connectivity index (χ0n) is 16.0. The van der Waals surface area contributed by atoms with Crippen LogP contribution in [0.15, 0.2) is 18.2 Å². The first-order valence-electron chi connectivity index (χ1n) is 10.2. The Balaban J connectivity index is 1.98. The summed E-state index contributed by atoms with van der Waals surface area (Å²) in [6.07, 6.45) is 17.5. The molecule has 0 atom stereocenters. The first-order valence-corrected chi connectivity index (χ1v) is 10.2. The van der Waals surface area contributed by atoms with Crippen molar-refractivity contribution < 1.29 is 9.84 Å². The van der Waals surface area contributed by atoms with Crippen LogP contribution in [-0.2, 0) is 6.42 Å². The second-order valence-electron chi connectivity index (χ2n) is 6.91. The Morgan fingerprint density at radius 2 is 1.25 bits per heavy atom. The van der Waals surface area contributed by atoms with E-state index in [1.54, 1.807) is 6.07 Å². The van der Waals surface area contributed by atoms with E-state index in [2.05, 4.69) is 13.0 Å². The quantitative estimate of drug-likeness (QED) is 0.349. The van der Waals surface area contributed by atoms with Gasteiger partial charge in [-0.05, 0) is 37.5 Å². The van der Waals surface area contributed by atoms with Gasteiger partial charge >= 0.3 is 0 Å². The van der Waals surface area contributed by atoms with E-state index in [1.807, 2.05) is 13.0 Å². The van der Waals surface area contributed by atoms with Crippen LogP contribution in [0.3, 0.4) is 0 Å². The molecule has 0 spiro atoms. The van der Waals surface area contributed by atoms with Crippen LogP contribution < -0.4 is 4.74 Å². The van der Waals surface area contributed by atoms with Crippen molar-refractivity contribution in [1.29, 1.82) is 0 Å². The Morgan fingerprint density at radius 3 is 1.79 bits per heavy atom. The van der Waals surface area contributed by atoms with Gasteiger partial charge in [0.15, 0.2) is 0 Å². The SMILES string of the molecule is CCCCCCCCCCCCCCc1cc(O)cc(OCC)c1. The van der Waals surface area contributed by atoms with Gasteiger partial charge in [0, 0.05) is 6.07 Å². The summed E-state index contributed by atoms with van der Waals surface area (Å²) in [5.41, 5.74) is 1.19. The van der Waals surface area contributed by atoms with Gasteiger partial charge in [0.05, 0.1) is 6.61 Å². The van der Waals surface area contributed by atoms with E-state index in [0.29, 0.717) is 12.4 Å². The molecule has 0 fully saturated rings. The molecule has 1 aromatic carbocycles. The third kappa shape index (κ3) is 10.6. The summed E-state index contributed by atoms with van der Waals surface area (Å²) in [5.74, 6) is 1.10. The molecule has 138 valence electrons. The van der Waals surface area contributed by atoms with E-state index in [-0.39, 0.29) is 0 Å². The van der Waals surface area contributed by atoms with Crippen molar-refractivity contribution in [1.82, 2.24) is 0 Å². The van der Waals surface area contributed by atoms with Crippen LogP contribution in [0.25, 0.3) is 0 Å². The monoisotopic (exact) mass is 334 g/mol. The Hall–Kier alpha value is -1.18. The molecule has 0 saturated heterocycles. The topological polar surface area (TPSA) is 29.5 Å². The molecule has 1 aromatic rings. The van der Waals surface area contributed by atoms with E-state index < -0.39 is 0 Å². The van der Waals surface area contributed by atoms with Crippen LogP contribution in [0.4, 0.5) is 0 Å². The summed E-state index contributed by atoms with van der Waals surface area (Å²) in [6.45, 7) is 4.88. The van der Waals surface area contributed by atoms with E-state index in [4.69, 9.17) is 4.74 Å². The van der Waals surface area contributed by atoms with Gasteiger partial charge in [-0.2, -0.15) is 0 Å². The third-order valence-corrected chi connectivity index (χ3v) is 4.58. The molecular weight excluding hydrogens is 296 g/mol. The standard InChI is InChI=1S/C22H38O2/c1-3-5-6-7-8-9-10-11-12-13-14-15-16-20-17-21(23)19-22(18-20)24-4-2/h17-19,23H,3-16H2,1-2H3. The van der Waals surface area contributed by atoms with Gasteiger partial charge in [0.2, 0.25) is 0 Å². The maximum atomic E-state index is 9.73. The van der Waals surface area contributed by atoms with Crippen LogP contribution in [0.5, 0.6) is 11.5 Å². The van der Waals surface area contributed by atoms with Gasteiger partial charge in [-0.1, -0.05) is 77.6 Å². The second-order valence-corrected chi connectivity index (χ2v) is 6.91. The van der Waals surface area contributed by atoms with Gasteiger partial charge in [-0.25, -0.2) is 0 Å². The fourth-order valence-electron chi connectivity index (χ4n) is 3.21. The zero-order chi connectivity index (χ0) is 17.5. The largest absolute Gasteiger partial charge is 0.508 e. The summed E-state index contributed by atoms with van der Waals surface area (Å²) >= 11 is 0. The molecule has 0 radical (unpaired) electrons. The highest BCUT2D eigenvalue weighted by molar-refractivity contribution is 5.37. The minimum Gasteiger partial charge on any atom is -0.508 e. The van der Waals surface area contributed by atoms with Crippen molar-refractivity contribution in [3.63, 3.8) is 0 Å². The van der Waals surface area contributed by atoms with E-state index in [1.165, 1.54) is 82.6 Å². The van der Waals surface area contributed by atoms with E-state index in [0.717, 1.165) is 12.2 Å². The zero-order valence-corrected chi connectivity index (χ0v) is 16.0. The molecular formula is C22H38O2. The van der Waals surface area contributed by atoms with Crippen molar-refractivity contribution in [2.45, 2.75) is 97.3 Å². The van der Waals surface area contributed by atoms with Crippen molar-refractivity contribution in [3.8, 4) is 11.5 Å². The van der Waals surface area contributed by atoms with Crippen LogP contribution in [0.1, 0.15) is 96.5 Å². The highest BCUT2D eigenvalue weighted by Gasteiger charge is 2.01. The number of phenolic OH excluding ortho intramolecular Hbond substituents is 1. The molecule has 0 unspecified atom stereocenters. The summed E-state index contributed by atoms with van der Waals surface area (Å²) < 4.78 is 5.48. The molecule has 0 saturated carbocycles. The number of hydrogen-bond acceptors (Lipinski definition) is 2. The smallest absolute Gasteiger partial charge is 0.123 e. The number of hydrogen-bond donors (Lipinski definition) is 1. The lowest BCUT2D eigenvalue weighted by Gasteiger charge is -2.08. The summed E-state index contributed by atoms with van der Waals surface area (Å²) in [7, 11) is 0. The minimum atomic E-state index is 0.315. The average molecular weight is 335 g/mol. The third-order valence-electron chi connectivity index (χ3n) is 4.58. The molecule has 0 aliphatic heterocycles. The first-order chi connectivity index (χ1) is 11.8. The van der Waals surface area contributed by atoms with Crippen molar-refractivity contribution >= 4 is 0 Å².